The molecule has 0 aromatic heterocycles. The molecule has 1 rings (SSSR count). The number of carbonyl (C=O) groups excluding carboxylic acids is 1. The third-order valence-electron chi connectivity index (χ3n) is 0.804. The van der Waals surface area contributed by atoms with Crippen LogP contribution in [0.25, 0.3) is 0 Å². The Bertz CT molecular complexity index is 134. The molecule has 0 N–H and O–H groups in total. The Labute approximate surface area is 52.0 Å². The van der Waals surface area contributed by atoms with Gasteiger partial charge < -0.3 is 0 Å². The van der Waals surface area contributed by atoms with Gasteiger partial charge in [-0.2, -0.15) is 5.11 Å². The summed E-state index contributed by atoms with van der Waals surface area (Å²) in [7, 11) is 0. The number of nitrogens with zero attached hydrogens (tertiary/aromatic N) is 3. The first kappa shape index (κ1) is 5.55. The molecular formula is C3H5N3OS. The number of carbonyl (C=O) groups is 1. The predicted octanol–water partition coefficient (Wildman–Crippen LogP) is 0.719. The van der Waals surface area contributed by atoms with Crippen molar-refractivity contribution >= 4 is 17.9 Å². The fraction of sp³-hybridized carbons (Fsp3) is 0.667. The second-order valence-corrected chi connectivity index (χ2v) is 1.74. The summed E-state index contributed by atoms with van der Waals surface area (Å²) in [5.74, 6) is 0. The van der Waals surface area contributed by atoms with Gasteiger partial charge in [0.1, 0.15) is 0 Å². The Morgan fingerprint density at radius 1 is 1.75 bits per heavy atom. The van der Waals surface area contributed by atoms with E-state index in [4.69, 9.17) is 0 Å². The van der Waals surface area contributed by atoms with Gasteiger partial charge in [0.15, 0.2) is 0 Å². The Balaban J connectivity index is 2.48. The van der Waals surface area contributed by atoms with Gasteiger partial charge in [-0.15, -0.1) is 0 Å². The van der Waals surface area contributed by atoms with Crippen LogP contribution in [0.1, 0.15) is 0 Å². The van der Waals surface area contributed by atoms with Gasteiger partial charge in [-0.05, 0) is 0 Å². The second-order valence-electron chi connectivity index (χ2n) is 1.36. The van der Waals surface area contributed by atoms with Crippen molar-refractivity contribution in [1.29, 1.82) is 0 Å². The van der Waals surface area contributed by atoms with E-state index in [0.717, 1.165) is 0 Å². The minimum absolute atomic E-state index is 0.341. The minimum Gasteiger partial charge on any atom is -0.260 e. The average molecular weight is 131 g/mol. The largest absolute Gasteiger partial charge is 0.300 e. The van der Waals surface area contributed by atoms with Crippen LogP contribution in [-0.4, -0.2) is 23.3 Å². The molecule has 0 saturated heterocycles. The van der Waals surface area contributed by atoms with Crippen molar-refractivity contribution in [3.63, 3.8) is 0 Å². The van der Waals surface area contributed by atoms with Gasteiger partial charge in [0.05, 0.1) is 13.1 Å². The standard InChI is InChI=1S/C3H5N3OS/c7-3(8)6-2-1-4-5-6/h1-2H2,(H,7,8). The van der Waals surface area contributed by atoms with E-state index in [9.17, 15) is 4.79 Å². The zero-order chi connectivity index (χ0) is 5.98. The monoisotopic (exact) mass is 131 g/mol. The Morgan fingerprint density at radius 3 is 2.75 bits per heavy atom. The van der Waals surface area contributed by atoms with Crippen molar-refractivity contribution in [2.75, 3.05) is 13.1 Å². The Hall–Kier alpha value is -0.580. The molecule has 0 spiro atoms. The second kappa shape index (κ2) is 2.13. The summed E-state index contributed by atoms with van der Waals surface area (Å²) in [4.78, 5) is 10.3. The summed E-state index contributed by atoms with van der Waals surface area (Å²) in [5.41, 5.74) is 0. The summed E-state index contributed by atoms with van der Waals surface area (Å²) in [6.07, 6.45) is 0. The van der Waals surface area contributed by atoms with Crippen molar-refractivity contribution in [2.45, 2.75) is 0 Å². The van der Waals surface area contributed by atoms with E-state index in [1.807, 2.05) is 0 Å². The van der Waals surface area contributed by atoms with Crippen LogP contribution >= 0.6 is 12.6 Å². The molecule has 4 nitrogen and oxygen atoms in total. The zero-order valence-electron chi connectivity index (χ0n) is 4.11. The zero-order valence-corrected chi connectivity index (χ0v) is 5.01. The lowest BCUT2D eigenvalue weighted by Crippen LogP contribution is -2.17. The molecule has 8 heavy (non-hydrogen) atoms. The molecule has 1 aliphatic rings. The van der Waals surface area contributed by atoms with Gasteiger partial charge in [-0.25, -0.2) is 5.01 Å². The van der Waals surface area contributed by atoms with Crippen LogP contribution in [0.4, 0.5) is 4.79 Å². The normalized spacial score (nSPS) is 17.4. The van der Waals surface area contributed by atoms with Crippen molar-refractivity contribution < 1.29 is 4.79 Å². The molecule has 1 aliphatic heterocycles. The third kappa shape index (κ3) is 0.975. The van der Waals surface area contributed by atoms with Gasteiger partial charge in [0, 0.05) is 0 Å². The molecule has 0 saturated carbocycles. The molecule has 1 amide bonds. The highest BCUT2D eigenvalue weighted by molar-refractivity contribution is 7.96. The molecule has 0 unspecified atom stereocenters. The maximum Gasteiger partial charge on any atom is 0.300 e. The third-order valence-corrected chi connectivity index (χ3v) is 1.03. The summed E-state index contributed by atoms with van der Waals surface area (Å²) < 4.78 is 0. The fourth-order valence-corrected chi connectivity index (χ4v) is 0.579. The highest BCUT2D eigenvalue weighted by Crippen LogP contribution is 2.02. The molecule has 0 aromatic carbocycles. The van der Waals surface area contributed by atoms with E-state index in [-0.39, 0.29) is 5.24 Å². The molecule has 0 aliphatic carbocycles. The van der Waals surface area contributed by atoms with Crippen LogP contribution in [0.15, 0.2) is 10.3 Å². The summed E-state index contributed by atoms with van der Waals surface area (Å²) in [5, 5.41) is 7.90. The number of hydrogen-bond donors (Lipinski definition) is 1. The van der Waals surface area contributed by atoms with Gasteiger partial charge in [0.2, 0.25) is 0 Å². The first-order valence-electron chi connectivity index (χ1n) is 2.18. The Kier molecular flexibility index (Phi) is 1.48. The minimum atomic E-state index is -0.341. The van der Waals surface area contributed by atoms with Crippen molar-refractivity contribution in [1.82, 2.24) is 5.01 Å². The number of hydrogen-bond acceptors (Lipinski definition) is 3. The van der Waals surface area contributed by atoms with Gasteiger partial charge >= 0.3 is 0 Å². The molecular weight excluding hydrogens is 126 g/mol. The van der Waals surface area contributed by atoms with E-state index in [0.29, 0.717) is 13.1 Å². The van der Waals surface area contributed by atoms with E-state index in [2.05, 4.69) is 23.0 Å². The summed E-state index contributed by atoms with van der Waals surface area (Å²) >= 11 is 3.53. The predicted molar refractivity (Wildman–Crippen MR) is 30.8 cm³/mol. The Morgan fingerprint density at radius 2 is 2.50 bits per heavy atom. The number of rotatable bonds is 0. The highest BCUT2D eigenvalue weighted by Gasteiger charge is 2.10. The van der Waals surface area contributed by atoms with Crippen LogP contribution in [-0.2, 0) is 0 Å². The molecule has 0 atom stereocenters. The first-order valence-corrected chi connectivity index (χ1v) is 2.63. The number of thiol groups is 1. The maximum atomic E-state index is 10.3. The topological polar surface area (TPSA) is 45.0 Å². The van der Waals surface area contributed by atoms with Crippen LogP contribution in [0.3, 0.4) is 0 Å². The molecule has 0 fully saturated rings. The summed E-state index contributed by atoms with van der Waals surface area (Å²) in [6.45, 7) is 1.18. The van der Waals surface area contributed by atoms with Gasteiger partial charge in [-0.1, -0.05) is 17.9 Å². The van der Waals surface area contributed by atoms with Crippen LogP contribution in [0.2, 0.25) is 0 Å². The molecule has 5 heteroatoms. The van der Waals surface area contributed by atoms with Gasteiger partial charge in [0.25, 0.3) is 5.24 Å². The quantitative estimate of drug-likeness (QED) is 0.484. The molecule has 0 aromatic rings. The van der Waals surface area contributed by atoms with Gasteiger partial charge in [-0.3, -0.25) is 4.79 Å². The lowest BCUT2D eigenvalue weighted by atomic mass is 10.7. The summed E-state index contributed by atoms with van der Waals surface area (Å²) in [6, 6.07) is 0. The number of amides is 1. The first-order chi connectivity index (χ1) is 3.80. The molecule has 44 valence electrons. The van der Waals surface area contributed by atoms with Crippen molar-refractivity contribution in [3.8, 4) is 0 Å². The average Bonchev–Trinajstić information content (AvgIpc) is 2.12. The fourth-order valence-electron chi connectivity index (χ4n) is 0.439. The SMILES string of the molecule is O=C(S)N1CCN=N1. The van der Waals surface area contributed by atoms with E-state index in [1.165, 1.54) is 5.01 Å². The molecule has 1 heterocycles. The van der Waals surface area contributed by atoms with E-state index in [1.54, 1.807) is 0 Å². The van der Waals surface area contributed by atoms with E-state index >= 15 is 0 Å². The molecule has 0 bridgehead atoms. The lowest BCUT2D eigenvalue weighted by Gasteiger charge is -2.01. The van der Waals surface area contributed by atoms with Crippen LogP contribution < -0.4 is 0 Å². The smallest absolute Gasteiger partial charge is 0.260 e. The van der Waals surface area contributed by atoms with Crippen molar-refractivity contribution in [3.05, 3.63) is 0 Å². The van der Waals surface area contributed by atoms with Crippen LogP contribution in [0.5, 0.6) is 0 Å². The maximum absolute atomic E-state index is 10.3. The van der Waals surface area contributed by atoms with Crippen LogP contribution in [0, 0.1) is 0 Å². The molecule has 0 radical (unpaired) electrons. The highest BCUT2D eigenvalue weighted by atomic mass is 32.1. The lowest BCUT2D eigenvalue weighted by molar-refractivity contribution is 0.231. The van der Waals surface area contributed by atoms with E-state index < -0.39 is 0 Å². The van der Waals surface area contributed by atoms with Crippen molar-refractivity contribution in [2.24, 2.45) is 10.3 Å².